The number of aliphatic hydroxyl groups is 1. The zero-order valence-corrected chi connectivity index (χ0v) is 8.29. The van der Waals surface area contributed by atoms with Gasteiger partial charge < -0.3 is 9.84 Å². The van der Waals surface area contributed by atoms with Crippen LogP contribution in [0.3, 0.4) is 0 Å². The van der Waals surface area contributed by atoms with Crippen LogP contribution in [0.15, 0.2) is 12.3 Å². The van der Waals surface area contributed by atoms with Crippen molar-refractivity contribution in [3.05, 3.63) is 23.5 Å². The second-order valence-electron chi connectivity index (χ2n) is 3.61. The van der Waals surface area contributed by atoms with Crippen molar-refractivity contribution in [1.29, 1.82) is 0 Å². The largest absolute Gasteiger partial charge is 0.490 e. The number of hydrogen-bond donors (Lipinski definition) is 1. The van der Waals surface area contributed by atoms with E-state index >= 15 is 0 Å². The standard InChI is InChI=1S/C10H10F3NO2/c11-10(12,13)9-7(5-15)8(3-4-14-9)16-6-1-2-6/h3-4,6,15H,1-2,5H2. The molecule has 0 radical (unpaired) electrons. The maximum atomic E-state index is 12.5. The molecule has 1 aliphatic carbocycles. The Morgan fingerprint density at radius 1 is 1.44 bits per heavy atom. The van der Waals surface area contributed by atoms with Crippen molar-refractivity contribution in [1.82, 2.24) is 4.98 Å². The summed E-state index contributed by atoms with van der Waals surface area (Å²) < 4.78 is 42.9. The molecule has 2 rings (SSSR count). The Labute approximate surface area is 89.9 Å². The summed E-state index contributed by atoms with van der Waals surface area (Å²) in [7, 11) is 0. The zero-order valence-electron chi connectivity index (χ0n) is 8.29. The van der Waals surface area contributed by atoms with Crippen molar-refractivity contribution in [3.63, 3.8) is 0 Å². The molecule has 3 nitrogen and oxygen atoms in total. The summed E-state index contributed by atoms with van der Waals surface area (Å²) in [6, 6.07) is 1.35. The number of halogens is 3. The van der Waals surface area contributed by atoms with Crippen molar-refractivity contribution in [2.75, 3.05) is 0 Å². The quantitative estimate of drug-likeness (QED) is 0.869. The van der Waals surface area contributed by atoms with Gasteiger partial charge in [0.05, 0.1) is 18.3 Å². The van der Waals surface area contributed by atoms with Crippen LogP contribution < -0.4 is 4.74 Å². The predicted octanol–water partition coefficient (Wildman–Crippen LogP) is 2.13. The van der Waals surface area contributed by atoms with E-state index in [1.165, 1.54) is 6.07 Å². The molecule has 1 saturated carbocycles. The van der Waals surface area contributed by atoms with Crippen LogP contribution in [0.4, 0.5) is 13.2 Å². The van der Waals surface area contributed by atoms with E-state index in [4.69, 9.17) is 9.84 Å². The molecule has 0 atom stereocenters. The van der Waals surface area contributed by atoms with E-state index in [0.29, 0.717) is 0 Å². The molecule has 1 heterocycles. The van der Waals surface area contributed by atoms with Gasteiger partial charge in [-0.05, 0) is 18.9 Å². The third kappa shape index (κ3) is 2.27. The lowest BCUT2D eigenvalue weighted by molar-refractivity contribution is -0.142. The van der Waals surface area contributed by atoms with Gasteiger partial charge in [-0.15, -0.1) is 0 Å². The number of pyridine rings is 1. The van der Waals surface area contributed by atoms with E-state index in [1.54, 1.807) is 0 Å². The smallest absolute Gasteiger partial charge is 0.433 e. The van der Waals surface area contributed by atoms with E-state index in [2.05, 4.69) is 4.98 Å². The lowest BCUT2D eigenvalue weighted by Gasteiger charge is -2.14. The predicted molar refractivity (Wildman–Crippen MR) is 48.8 cm³/mol. The van der Waals surface area contributed by atoms with Crippen LogP contribution in [0.1, 0.15) is 24.1 Å². The number of alkyl halides is 3. The van der Waals surface area contributed by atoms with E-state index in [0.717, 1.165) is 19.0 Å². The fraction of sp³-hybridized carbons (Fsp3) is 0.500. The van der Waals surface area contributed by atoms with Crippen LogP contribution in [0, 0.1) is 0 Å². The molecule has 0 amide bonds. The average Bonchev–Trinajstić information content (AvgIpc) is 3.00. The van der Waals surface area contributed by atoms with Gasteiger partial charge in [-0.25, -0.2) is 0 Å². The van der Waals surface area contributed by atoms with Gasteiger partial charge in [-0.3, -0.25) is 4.98 Å². The molecule has 1 aliphatic rings. The minimum absolute atomic E-state index is 0.0196. The highest BCUT2D eigenvalue weighted by Gasteiger charge is 2.37. The van der Waals surface area contributed by atoms with Crippen LogP contribution in [-0.4, -0.2) is 16.2 Å². The maximum Gasteiger partial charge on any atom is 0.433 e. The van der Waals surface area contributed by atoms with Crippen LogP contribution in [0.5, 0.6) is 5.75 Å². The summed E-state index contributed by atoms with van der Waals surface area (Å²) in [5, 5.41) is 8.98. The Morgan fingerprint density at radius 2 is 2.12 bits per heavy atom. The van der Waals surface area contributed by atoms with Gasteiger partial charge in [-0.2, -0.15) is 13.2 Å². The second-order valence-corrected chi connectivity index (χ2v) is 3.61. The molecule has 0 bridgehead atoms. The molecule has 1 aromatic rings. The molecular weight excluding hydrogens is 223 g/mol. The highest BCUT2D eigenvalue weighted by molar-refractivity contribution is 5.37. The molecule has 1 aromatic heterocycles. The minimum Gasteiger partial charge on any atom is -0.490 e. The molecule has 0 unspecified atom stereocenters. The minimum atomic E-state index is -4.57. The van der Waals surface area contributed by atoms with Gasteiger partial charge in [-0.1, -0.05) is 0 Å². The van der Waals surface area contributed by atoms with Gasteiger partial charge in [0.15, 0.2) is 5.69 Å². The Hall–Kier alpha value is -1.30. The summed E-state index contributed by atoms with van der Waals surface area (Å²) in [5.41, 5.74) is -1.37. The first-order valence-corrected chi connectivity index (χ1v) is 4.85. The first-order chi connectivity index (χ1) is 7.52. The van der Waals surface area contributed by atoms with Crippen molar-refractivity contribution < 1.29 is 23.0 Å². The normalized spacial score (nSPS) is 16.2. The lowest BCUT2D eigenvalue weighted by atomic mass is 10.2. The molecule has 6 heteroatoms. The van der Waals surface area contributed by atoms with E-state index in [-0.39, 0.29) is 17.4 Å². The number of ether oxygens (including phenoxy) is 1. The van der Waals surface area contributed by atoms with E-state index in [9.17, 15) is 13.2 Å². The Kier molecular flexibility index (Phi) is 2.75. The lowest BCUT2D eigenvalue weighted by Crippen LogP contribution is -2.13. The van der Waals surface area contributed by atoms with Crippen LogP contribution in [0.25, 0.3) is 0 Å². The third-order valence-electron chi connectivity index (χ3n) is 2.26. The topological polar surface area (TPSA) is 42.4 Å². The fourth-order valence-electron chi connectivity index (χ4n) is 1.35. The highest BCUT2D eigenvalue weighted by atomic mass is 19.4. The van der Waals surface area contributed by atoms with Crippen LogP contribution in [-0.2, 0) is 12.8 Å². The molecule has 0 aromatic carbocycles. The highest BCUT2D eigenvalue weighted by Crippen LogP contribution is 2.36. The molecule has 0 aliphatic heterocycles. The number of aliphatic hydroxyl groups excluding tert-OH is 1. The SMILES string of the molecule is OCc1c(OC2CC2)ccnc1C(F)(F)F. The van der Waals surface area contributed by atoms with Gasteiger partial charge in [0.1, 0.15) is 5.75 Å². The molecular formula is C10H10F3NO2. The van der Waals surface area contributed by atoms with Gasteiger partial charge in [0.2, 0.25) is 0 Å². The zero-order chi connectivity index (χ0) is 11.8. The first-order valence-electron chi connectivity index (χ1n) is 4.85. The molecule has 1 fully saturated rings. The Balaban J connectivity index is 2.37. The van der Waals surface area contributed by atoms with Crippen molar-refractivity contribution >= 4 is 0 Å². The molecule has 88 valence electrons. The summed E-state index contributed by atoms with van der Waals surface area (Å²) in [6.07, 6.45) is -1.86. The van der Waals surface area contributed by atoms with E-state index < -0.39 is 18.5 Å². The summed E-state index contributed by atoms with van der Waals surface area (Å²) in [4.78, 5) is 3.24. The number of nitrogens with zero attached hydrogens (tertiary/aromatic N) is 1. The third-order valence-corrected chi connectivity index (χ3v) is 2.26. The number of aromatic nitrogens is 1. The van der Waals surface area contributed by atoms with Gasteiger partial charge in [0, 0.05) is 6.20 Å². The maximum absolute atomic E-state index is 12.5. The van der Waals surface area contributed by atoms with Crippen molar-refractivity contribution in [2.24, 2.45) is 0 Å². The summed E-state index contributed by atoms with van der Waals surface area (Å²) >= 11 is 0. The second kappa shape index (κ2) is 3.93. The average molecular weight is 233 g/mol. The molecule has 1 N–H and O–H groups in total. The number of hydrogen-bond acceptors (Lipinski definition) is 3. The van der Waals surface area contributed by atoms with E-state index in [1.807, 2.05) is 0 Å². The van der Waals surface area contributed by atoms with Crippen molar-refractivity contribution in [2.45, 2.75) is 31.7 Å². The summed E-state index contributed by atoms with van der Waals surface area (Å²) in [5.74, 6) is 0.0762. The number of rotatable bonds is 3. The Bertz CT molecular complexity index is 388. The van der Waals surface area contributed by atoms with Crippen LogP contribution in [0.2, 0.25) is 0 Å². The van der Waals surface area contributed by atoms with Crippen molar-refractivity contribution in [3.8, 4) is 5.75 Å². The molecule has 0 spiro atoms. The van der Waals surface area contributed by atoms with Crippen LogP contribution >= 0.6 is 0 Å². The Morgan fingerprint density at radius 3 is 2.62 bits per heavy atom. The fourth-order valence-corrected chi connectivity index (χ4v) is 1.35. The molecule has 16 heavy (non-hydrogen) atoms. The summed E-state index contributed by atoms with van der Waals surface area (Å²) in [6.45, 7) is -0.731. The monoisotopic (exact) mass is 233 g/mol. The van der Waals surface area contributed by atoms with Gasteiger partial charge in [0.25, 0.3) is 0 Å². The molecule has 0 saturated heterocycles. The first kappa shape index (κ1) is 11.2. The van der Waals surface area contributed by atoms with Gasteiger partial charge >= 0.3 is 6.18 Å².